The Hall–Kier alpha value is -2.37. The Morgan fingerprint density at radius 2 is 1.77 bits per heavy atom. The van der Waals surface area contributed by atoms with Gasteiger partial charge in [0, 0.05) is 50.1 Å². The fourth-order valence-electron chi connectivity index (χ4n) is 4.33. The van der Waals surface area contributed by atoms with Crippen molar-refractivity contribution in [3.63, 3.8) is 0 Å². The van der Waals surface area contributed by atoms with E-state index in [0.29, 0.717) is 18.6 Å². The number of nitrogens with zero attached hydrogens (tertiary/aromatic N) is 1. The molecule has 1 atom stereocenters. The average Bonchev–Trinajstić information content (AvgIpc) is 3.32. The van der Waals surface area contributed by atoms with Crippen LogP contribution in [-0.2, 0) is 16.0 Å². The monoisotopic (exact) mass is 407 g/mol. The van der Waals surface area contributed by atoms with E-state index in [2.05, 4.69) is 39.8 Å². The topological polar surface area (TPSA) is 53.6 Å². The number of hydrogen-bond acceptors (Lipinski definition) is 4. The lowest BCUT2D eigenvalue weighted by atomic mass is 10.0. The summed E-state index contributed by atoms with van der Waals surface area (Å²) in [4.78, 5) is 14.7. The van der Waals surface area contributed by atoms with Gasteiger partial charge < -0.3 is 20.3 Å². The van der Waals surface area contributed by atoms with Crippen molar-refractivity contribution in [3.05, 3.63) is 60.2 Å². The Morgan fingerprint density at radius 3 is 2.47 bits per heavy atom. The number of ether oxygens (including phenoxy) is 1. The third kappa shape index (κ3) is 6.07. The van der Waals surface area contributed by atoms with Crippen molar-refractivity contribution in [2.45, 2.75) is 50.7 Å². The molecule has 4 rings (SSSR count). The van der Waals surface area contributed by atoms with Gasteiger partial charge in [-0.15, -0.1) is 0 Å². The van der Waals surface area contributed by atoms with E-state index in [1.807, 2.05) is 30.3 Å². The lowest BCUT2D eigenvalue weighted by Crippen LogP contribution is -2.44. The summed E-state index contributed by atoms with van der Waals surface area (Å²) in [6, 6.07) is 19.0. The van der Waals surface area contributed by atoms with Crippen molar-refractivity contribution in [1.82, 2.24) is 5.32 Å². The van der Waals surface area contributed by atoms with Crippen molar-refractivity contribution in [2.24, 2.45) is 0 Å². The van der Waals surface area contributed by atoms with E-state index in [4.69, 9.17) is 4.74 Å². The molecule has 2 fully saturated rings. The standard InChI is InChI=1S/C25H33N3O2/c29-25(13-8-20-5-2-1-3-6-20)27-22-9-11-23(12-10-22)28-16-14-21(15-17-28)26-19-24-7-4-18-30-24/h1-3,5-6,9-12,21,24,26H,4,7-8,13-19H2,(H,27,29). The number of hydrogen-bond donors (Lipinski definition) is 2. The van der Waals surface area contributed by atoms with Crippen LogP contribution in [0.2, 0.25) is 0 Å². The van der Waals surface area contributed by atoms with Crippen molar-refractivity contribution in [2.75, 3.05) is 36.5 Å². The first-order chi connectivity index (χ1) is 14.8. The highest BCUT2D eigenvalue weighted by molar-refractivity contribution is 5.91. The van der Waals surface area contributed by atoms with E-state index in [9.17, 15) is 4.79 Å². The quantitative estimate of drug-likeness (QED) is 0.695. The molecule has 2 aliphatic rings. The van der Waals surface area contributed by atoms with E-state index < -0.39 is 0 Å². The minimum Gasteiger partial charge on any atom is -0.377 e. The normalized spacial score (nSPS) is 19.7. The van der Waals surface area contributed by atoms with Gasteiger partial charge in [-0.1, -0.05) is 30.3 Å². The molecule has 2 heterocycles. The molecule has 160 valence electrons. The smallest absolute Gasteiger partial charge is 0.224 e. The highest BCUT2D eigenvalue weighted by Gasteiger charge is 2.21. The van der Waals surface area contributed by atoms with E-state index in [-0.39, 0.29) is 5.91 Å². The van der Waals surface area contributed by atoms with Gasteiger partial charge in [-0.05, 0) is 61.9 Å². The van der Waals surface area contributed by atoms with Crippen molar-refractivity contribution < 1.29 is 9.53 Å². The zero-order chi connectivity index (χ0) is 20.6. The molecule has 2 saturated heterocycles. The zero-order valence-electron chi connectivity index (χ0n) is 17.7. The molecule has 0 aliphatic carbocycles. The van der Waals surface area contributed by atoms with Crippen LogP contribution in [-0.4, -0.2) is 44.3 Å². The fourth-order valence-corrected chi connectivity index (χ4v) is 4.33. The van der Waals surface area contributed by atoms with E-state index in [1.54, 1.807) is 0 Å². The Bertz CT molecular complexity index is 780. The molecule has 0 aromatic heterocycles. The Labute approximate surface area is 179 Å². The molecule has 5 nitrogen and oxygen atoms in total. The summed E-state index contributed by atoms with van der Waals surface area (Å²) in [7, 11) is 0. The minimum atomic E-state index is 0.0599. The molecule has 0 saturated carbocycles. The summed E-state index contributed by atoms with van der Waals surface area (Å²) in [6.45, 7) is 4.04. The second-order valence-corrected chi connectivity index (χ2v) is 8.39. The molecule has 2 aromatic rings. The average molecular weight is 408 g/mol. The number of nitrogens with one attached hydrogen (secondary N) is 2. The van der Waals surface area contributed by atoms with E-state index in [0.717, 1.165) is 51.2 Å². The van der Waals surface area contributed by atoms with Gasteiger partial charge in [0.25, 0.3) is 0 Å². The summed E-state index contributed by atoms with van der Waals surface area (Å²) < 4.78 is 5.71. The lowest BCUT2D eigenvalue weighted by Gasteiger charge is -2.34. The highest BCUT2D eigenvalue weighted by Crippen LogP contribution is 2.22. The van der Waals surface area contributed by atoms with Crippen molar-refractivity contribution in [1.29, 1.82) is 0 Å². The first kappa shape index (κ1) is 20.9. The predicted octanol–water partition coefficient (Wildman–Crippen LogP) is 4.00. The molecule has 2 N–H and O–H groups in total. The van der Waals surface area contributed by atoms with Crippen LogP contribution in [0.25, 0.3) is 0 Å². The summed E-state index contributed by atoms with van der Waals surface area (Å²) in [5.41, 5.74) is 3.29. The number of benzene rings is 2. The molecule has 30 heavy (non-hydrogen) atoms. The second-order valence-electron chi connectivity index (χ2n) is 8.39. The molecule has 5 heteroatoms. The maximum absolute atomic E-state index is 12.2. The zero-order valence-corrected chi connectivity index (χ0v) is 17.7. The minimum absolute atomic E-state index is 0.0599. The van der Waals surface area contributed by atoms with Gasteiger partial charge >= 0.3 is 0 Å². The highest BCUT2D eigenvalue weighted by atomic mass is 16.5. The van der Waals surface area contributed by atoms with Gasteiger partial charge in [0.2, 0.25) is 5.91 Å². The number of anilines is 2. The fraction of sp³-hybridized carbons (Fsp3) is 0.480. The second kappa shape index (κ2) is 10.6. The van der Waals surface area contributed by atoms with Gasteiger partial charge in [-0.3, -0.25) is 4.79 Å². The molecular weight excluding hydrogens is 374 g/mol. The van der Waals surface area contributed by atoms with Gasteiger partial charge in [0.05, 0.1) is 6.10 Å². The van der Waals surface area contributed by atoms with Crippen LogP contribution >= 0.6 is 0 Å². The number of rotatable bonds is 8. The Kier molecular flexibility index (Phi) is 7.38. The van der Waals surface area contributed by atoms with Crippen LogP contribution in [0.4, 0.5) is 11.4 Å². The molecule has 1 unspecified atom stereocenters. The molecular formula is C25H33N3O2. The van der Waals surface area contributed by atoms with Crippen LogP contribution < -0.4 is 15.5 Å². The van der Waals surface area contributed by atoms with Gasteiger partial charge in [0.1, 0.15) is 0 Å². The van der Waals surface area contributed by atoms with Gasteiger partial charge in [-0.2, -0.15) is 0 Å². The lowest BCUT2D eigenvalue weighted by molar-refractivity contribution is -0.116. The summed E-state index contributed by atoms with van der Waals surface area (Å²) in [6.07, 6.45) is 6.39. The van der Waals surface area contributed by atoms with Gasteiger partial charge in [-0.25, -0.2) is 0 Å². The van der Waals surface area contributed by atoms with Gasteiger partial charge in [0.15, 0.2) is 0 Å². The number of carbonyl (C=O) groups excluding carboxylic acids is 1. The maximum atomic E-state index is 12.2. The van der Waals surface area contributed by atoms with E-state index >= 15 is 0 Å². The predicted molar refractivity (Wildman–Crippen MR) is 122 cm³/mol. The van der Waals surface area contributed by atoms with Crippen LogP contribution in [0.3, 0.4) is 0 Å². The van der Waals surface area contributed by atoms with Crippen molar-refractivity contribution in [3.8, 4) is 0 Å². The molecule has 1 amide bonds. The summed E-state index contributed by atoms with van der Waals surface area (Å²) in [5, 5.41) is 6.70. The first-order valence-corrected chi connectivity index (χ1v) is 11.3. The number of amides is 1. The molecule has 2 aromatic carbocycles. The maximum Gasteiger partial charge on any atom is 0.224 e. The largest absolute Gasteiger partial charge is 0.377 e. The summed E-state index contributed by atoms with van der Waals surface area (Å²) in [5.74, 6) is 0.0599. The van der Waals surface area contributed by atoms with E-state index in [1.165, 1.54) is 24.1 Å². The molecule has 2 aliphatic heterocycles. The van der Waals surface area contributed by atoms with Crippen LogP contribution in [0.15, 0.2) is 54.6 Å². The molecule has 0 bridgehead atoms. The number of carbonyl (C=O) groups is 1. The molecule has 0 spiro atoms. The Balaban J connectivity index is 1.18. The molecule has 0 radical (unpaired) electrons. The Morgan fingerprint density at radius 1 is 1.00 bits per heavy atom. The SMILES string of the molecule is O=C(CCc1ccccc1)Nc1ccc(N2CCC(NCC3CCCO3)CC2)cc1. The number of aryl methyl sites for hydroxylation is 1. The van der Waals surface area contributed by atoms with Crippen LogP contribution in [0, 0.1) is 0 Å². The summed E-state index contributed by atoms with van der Waals surface area (Å²) >= 11 is 0. The first-order valence-electron chi connectivity index (χ1n) is 11.3. The van der Waals surface area contributed by atoms with Crippen LogP contribution in [0.5, 0.6) is 0 Å². The van der Waals surface area contributed by atoms with Crippen molar-refractivity contribution >= 4 is 17.3 Å². The third-order valence-electron chi connectivity index (χ3n) is 6.15. The third-order valence-corrected chi connectivity index (χ3v) is 6.15. The van der Waals surface area contributed by atoms with Crippen LogP contribution in [0.1, 0.15) is 37.7 Å². The number of piperidine rings is 1.